The molecule has 0 rings (SSSR count). The Kier molecular flexibility index (Phi) is 13.1. The van der Waals surface area contributed by atoms with Crippen molar-refractivity contribution in [2.24, 2.45) is 0 Å². The van der Waals surface area contributed by atoms with Gasteiger partial charge in [0.05, 0.1) is 13.2 Å². The second-order valence-electron chi connectivity index (χ2n) is 3.21. The molecule has 0 radical (unpaired) electrons. The van der Waals surface area contributed by atoms with Crippen LogP contribution in [0.5, 0.6) is 0 Å². The molecule has 6 nitrogen and oxygen atoms in total. The fourth-order valence-electron chi connectivity index (χ4n) is 1.11. The highest BCUT2D eigenvalue weighted by Gasteiger charge is 2.17. The van der Waals surface area contributed by atoms with Crippen molar-refractivity contribution in [2.45, 2.75) is 39.7 Å². The van der Waals surface area contributed by atoms with Crippen LogP contribution in [0.3, 0.4) is 0 Å². The van der Waals surface area contributed by atoms with E-state index < -0.39 is 18.4 Å². The molecular weight excluding hydrogens is 264 g/mol. The number of halogens is 1. The summed E-state index contributed by atoms with van der Waals surface area (Å²) in [6, 6.07) is 0. The highest BCUT2D eigenvalue weighted by Crippen LogP contribution is 2.05. The quantitative estimate of drug-likeness (QED) is 0.669. The van der Waals surface area contributed by atoms with Crippen molar-refractivity contribution in [3.8, 4) is 0 Å². The molecule has 0 aromatic carbocycles. The number of carbonyl (C=O) groups excluding carboxylic acids is 2. The number of rotatable bonds is 7. The first-order valence-electron chi connectivity index (χ1n) is 5.76. The van der Waals surface area contributed by atoms with E-state index in [1.807, 2.05) is 6.92 Å². The molecule has 0 aliphatic carbocycles. The van der Waals surface area contributed by atoms with E-state index in [1.54, 1.807) is 13.8 Å². The monoisotopic (exact) mass is 284 g/mol. The molecule has 0 amide bonds. The molecule has 0 spiro atoms. The van der Waals surface area contributed by atoms with Crippen molar-refractivity contribution < 1.29 is 28.5 Å². The standard InChI is InChI=1S/C11H20O6.ClH/c1-4-7-9(17-11(13)15-6-3)8-16-10(12)14-5-2;/h9H,4-8H2,1-3H3;1H. The maximum absolute atomic E-state index is 11.1. The van der Waals surface area contributed by atoms with Crippen LogP contribution in [0.4, 0.5) is 9.59 Å². The lowest BCUT2D eigenvalue weighted by molar-refractivity contribution is -0.0173. The normalized spacial score (nSPS) is 10.8. The van der Waals surface area contributed by atoms with Crippen LogP contribution in [0.25, 0.3) is 0 Å². The van der Waals surface area contributed by atoms with E-state index in [2.05, 4.69) is 9.47 Å². The highest BCUT2D eigenvalue weighted by molar-refractivity contribution is 5.85. The van der Waals surface area contributed by atoms with Gasteiger partial charge in [0.1, 0.15) is 12.7 Å². The molecule has 18 heavy (non-hydrogen) atoms. The first kappa shape index (κ1) is 19.2. The molecule has 0 fully saturated rings. The van der Waals surface area contributed by atoms with E-state index in [9.17, 15) is 9.59 Å². The van der Waals surface area contributed by atoms with Crippen LogP contribution in [0.2, 0.25) is 0 Å². The first-order chi connectivity index (χ1) is 8.13. The third-order valence-electron chi connectivity index (χ3n) is 1.78. The third kappa shape index (κ3) is 10.0. The Morgan fingerprint density at radius 1 is 0.944 bits per heavy atom. The molecule has 0 bridgehead atoms. The maximum Gasteiger partial charge on any atom is 0.508 e. The van der Waals surface area contributed by atoms with Gasteiger partial charge in [-0.3, -0.25) is 0 Å². The van der Waals surface area contributed by atoms with Gasteiger partial charge in [0.15, 0.2) is 0 Å². The van der Waals surface area contributed by atoms with Gasteiger partial charge in [-0.25, -0.2) is 9.59 Å². The van der Waals surface area contributed by atoms with Gasteiger partial charge in [-0.15, -0.1) is 12.4 Å². The van der Waals surface area contributed by atoms with E-state index in [0.717, 1.165) is 6.42 Å². The van der Waals surface area contributed by atoms with Crippen LogP contribution in [0.1, 0.15) is 33.6 Å². The molecule has 0 aliphatic heterocycles. The zero-order valence-corrected chi connectivity index (χ0v) is 11.8. The van der Waals surface area contributed by atoms with Gasteiger partial charge in [-0.2, -0.15) is 0 Å². The van der Waals surface area contributed by atoms with Crippen molar-refractivity contribution in [3.05, 3.63) is 0 Å². The SMILES string of the molecule is CCCC(COC(=O)OCC)OC(=O)OCC.Cl. The third-order valence-corrected chi connectivity index (χ3v) is 1.78. The van der Waals surface area contributed by atoms with Crippen LogP contribution >= 0.6 is 12.4 Å². The van der Waals surface area contributed by atoms with Crippen molar-refractivity contribution in [3.63, 3.8) is 0 Å². The highest BCUT2D eigenvalue weighted by atomic mass is 35.5. The molecule has 7 heteroatoms. The predicted molar refractivity (Wildman–Crippen MR) is 67.0 cm³/mol. The summed E-state index contributed by atoms with van der Waals surface area (Å²) in [6.45, 7) is 5.77. The Balaban J connectivity index is 0. The van der Waals surface area contributed by atoms with Crippen molar-refractivity contribution in [1.29, 1.82) is 0 Å². The minimum atomic E-state index is -0.763. The zero-order valence-electron chi connectivity index (χ0n) is 11.0. The summed E-state index contributed by atoms with van der Waals surface area (Å²) in [5.74, 6) is 0. The Hall–Kier alpha value is -1.17. The molecule has 0 aromatic rings. The van der Waals surface area contributed by atoms with Gasteiger partial charge in [-0.05, 0) is 20.3 Å². The average molecular weight is 285 g/mol. The van der Waals surface area contributed by atoms with Gasteiger partial charge in [0, 0.05) is 0 Å². The summed E-state index contributed by atoms with van der Waals surface area (Å²) in [5, 5.41) is 0. The van der Waals surface area contributed by atoms with Crippen molar-refractivity contribution >= 4 is 24.7 Å². The predicted octanol–water partition coefficient (Wildman–Crippen LogP) is 2.92. The topological polar surface area (TPSA) is 71.1 Å². The molecule has 0 aliphatic rings. The lowest BCUT2D eigenvalue weighted by atomic mass is 10.2. The number of hydrogen-bond acceptors (Lipinski definition) is 6. The molecular formula is C11H21ClO6. The smallest absolute Gasteiger partial charge is 0.435 e. The number of hydrogen-bond donors (Lipinski definition) is 0. The summed E-state index contributed by atoms with van der Waals surface area (Å²) in [7, 11) is 0. The molecule has 1 atom stereocenters. The number of carbonyl (C=O) groups is 2. The van der Waals surface area contributed by atoms with E-state index >= 15 is 0 Å². The molecule has 0 aromatic heterocycles. The summed E-state index contributed by atoms with van der Waals surface area (Å²) < 4.78 is 19.0. The fraction of sp³-hybridized carbons (Fsp3) is 0.818. The Morgan fingerprint density at radius 2 is 1.50 bits per heavy atom. The average Bonchev–Trinajstić information content (AvgIpc) is 2.27. The van der Waals surface area contributed by atoms with Gasteiger partial charge >= 0.3 is 12.3 Å². The van der Waals surface area contributed by atoms with Crippen molar-refractivity contribution in [2.75, 3.05) is 19.8 Å². The van der Waals surface area contributed by atoms with Crippen molar-refractivity contribution in [1.82, 2.24) is 0 Å². The Bertz CT molecular complexity index is 234. The Labute approximate surface area is 113 Å². The second kappa shape index (κ2) is 12.3. The van der Waals surface area contributed by atoms with Gasteiger partial charge < -0.3 is 18.9 Å². The Morgan fingerprint density at radius 3 is 2.00 bits per heavy atom. The molecule has 0 heterocycles. The lowest BCUT2D eigenvalue weighted by Gasteiger charge is -2.16. The molecule has 0 saturated heterocycles. The maximum atomic E-state index is 11.1. The van der Waals surface area contributed by atoms with E-state index in [0.29, 0.717) is 6.42 Å². The summed E-state index contributed by atoms with van der Waals surface area (Å²) in [4.78, 5) is 22.0. The summed E-state index contributed by atoms with van der Waals surface area (Å²) in [5.41, 5.74) is 0. The van der Waals surface area contributed by atoms with Crippen LogP contribution in [0.15, 0.2) is 0 Å². The van der Waals surface area contributed by atoms with Crippen LogP contribution in [-0.2, 0) is 18.9 Å². The summed E-state index contributed by atoms with van der Waals surface area (Å²) >= 11 is 0. The largest absolute Gasteiger partial charge is 0.508 e. The second-order valence-corrected chi connectivity index (χ2v) is 3.21. The minimum absolute atomic E-state index is 0. The van der Waals surface area contributed by atoms with Gasteiger partial charge in [-0.1, -0.05) is 13.3 Å². The zero-order chi connectivity index (χ0) is 13.1. The molecule has 0 saturated carbocycles. The van der Waals surface area contributed by atoms with Crippen LogP contribution in [-0.4, -0.2) is 38.2 Å². The van der Waals surface area contributed by atoms with Gasteiger partial charge in [0.2, 0.25) is 0 Å². The molecule has 0 N–H and O–H groups in total. The van der Waals surface area contributed by atoms with Gasteiger partial charge in [0.25, 0.3) is 0 Å². The minimum Gasteiger partial charge on any atom is -0.435 e. The fourth-order valence-corrected chi connectivity index (χ4v) is 1.11. The van der Waals surface area contributed by atoms with E-state index in [-0.39, 0.29) is 32.2 Å². The van der Waals surface area contributed by atoms with E-state index in [4.69, 9.17) is 9.47 Å². The first-order valence-corrected chi connectivity index (χ1v) is 5.76. The number of ether oxygens (including phenoxy) is 4. The van der Waals surface area contributed by atoms with Crippen LogP contribution < -0.4 is 0 Å². The lowest BCUT2D eigenvalue weighted by Crippen LogP contribution is -2.26. The van der Waals surface area contributed by atoms with Crippen LogP contribution in [0, 0.1) is 0 Å². The molecule has 1 unspecified atom stereocenters. The molecule has 108 valence electrons. The summed E-state index contributed by atoms with van der Waals surface area (Å²) in [6.07, 6.45) is -0.614. The van der Waals surface area contributed by atoms with E-state index in [1.165, 1.54) is 0 Å².